The maximum Gasteiger partial charge on any atom is 0.123 e. The summed E-state index contributed by atoms with van der Waals surface area (Å²) in [5, 5.41) is 6.03. The third-order valence-electron chi connectivity index (χ3n) is 3.84. The molecule has 0 atom stereocenters. The van der Waals surface area contributed by atoms with Gasteiger partial charge in [0.15, 0.2) is 0 Å². The molecule has 2 heterocycles. The molecular weight excluding hydrogens is 310 g/mol. The molecule has 0 spiro atoms. The minimum atomic E-state index is 0.544. The van der Waals surface area contributed by atoms with Gasteiger partial charge in [0.25, 0.3) is 0 Å². The van der Waals surface area contributed by atoms with E-state index in [4.69, 9.17) is 21.3 Å². The summed E-state index contributed by atoms with van der Waals surface area (Å²) in [6, 6.07) is 5.76. The van der Waals surface area contributed by atoms with Crippen molar-refractivity contribution in [3.8, 4) is 17.0 Å². The third-order valence-corrected chi connectivity index (χ3v) is 4.15. The number of benzene rings is 1. The number of hydrogen-bond donors (Lipinski definition) is 0. The van der Waals surface area contributed by atoms with Crippen molar-refractivity contribution in [3.63, 3.8) is 0 Å². The molecule has 4 nitrogen and oxygen atoms in total. The molecule has 0 aliphatic carbocycles. The van der Waals surface area contributed by atoms with Crippen LogP contribution in [-0.4, -0.2) is 21.9 Å². The van der Waals surface area contributed by atoms with Crippen LogP contribution in [0.4, 0.5) is 0 Å². The first-order valence-corrected chi connectivity index (χ1v) is 8.04. The summed E-state index contributed by atoms with van der Waals surface area (Å²) in [5.41, 5.74) is 3.65. The van der Waals surface area contributed by atoms with Crippen LogP contribution in [0.25, 0.3) is 22.2 Å². The molecule has 1 aromatic carbocycles. The number of aryl methyl sites for hydroxylation is 1. The largest absolute Gasteiger partial charge is 0.496 e. The van der Waals surface area contributed by atoms with Crippen molar-refractivity contribution in [2.45, 2.75) is 27.3 Å². The van der Waals surface area contributed by atoms with Gasteiger partial charge >= 0.3 is 0 Å². The highest BCUT2D eigenvalue weighted by atomic mass is 35.5. The Hall–Kier alpha value is -2.07. The molecule has 23 heavy (non-hydrogen) atoms. The summed E-state index contributed by atoms with van der Waals surface area (Å²) in [6.45, 7) is 7.22. The van der Waals surface area contributed by atoms with Crippen molar-refractivity contribution in [1.29, 1.82) is 0 Å². The van der Waals surface area contributed by atoms with Gasteiger partial charge in [-0.1, -0.05) is 25.4 Å². The third kappa shape index (κ3) is 3.04. The minimum Gasteiger partial charge on any atom is -0.496 e. The second-order valence-corrected chi connectivity index (χ2v) is 6.53. The Balaban J connectivity index is 2.11. The SMILES string of the molecule is COc1ccc2c(Cl)cc(-c3cnn(CC(C)C)c3)nc2c1C. The van der Waals surface area contributed by atoms with Crippen molar-refractivity contribution < 1.29 is 4.74 Å². The van der Waals surface area contributed by atoms with Gasteiger partial charge in [-0.2, -0.15) is 5.10 Å². The maximum atomic E-state index is 6.46. The number of halogens is 1. The average Bonchev–Trinajstić information content (AvgIpc) is 2.96. The fraction of sp³-hybridized carbons (Fsp3) is 0.333. The van der Waals surface area contributed by atoms with Crippen molar-refractivity contribution in [2.75, 3.05) is 7.11 Å². The lowest BCUT2D eigenvalue weighted by Gasteiger charge is -2.10. The molecule has 2 aromatic heterocycles. The highest BCUT2D eigenvalue weighted by Gasteiger charge is 2.12. The van der Waals surface area contributed by atoms with Crippen LogP contribution < -0.4 is 4.74 Å². The van der Waals surface area contributed by atoms with E-state index in [2.05, 4.69) is 18.9 Å². The molecule has 120 valence electrons. The molecule has 0 saturated carbocycles. The lowest BCUT2D eigenvalue weighted by atomic mass is 10.1. The molecule has 0 saturated heterocycles. The number of pyridine rings is 1. The van der Waals surface area contributed by atoms with E-state index in [0.717, 1.165) is 40.0 Å². The predicted molar refractivity (Wildman–Crippen MR) is 94.1 cm³/mol. The number of fused-ring (bicyclic) bond motifs is 1. The summed E-state index contributed by atoms with van der Waals surface area (Å²) in [6.07, 6.45) is 3.85. The van der Waals surface area contributed by atoms with Crippen molar-refractivity contribution in [3.05, 3.63) is 41.2 Å². The normalized spacial score (nSPS) is 11.4. The van der Waals surface area contributed by atoms with E-state index in [1.165, 1.54) is 0 Å². The Labute approximate surface area is 141 Å². The van der Waals surface area contributed by atoms with Crippen LogP contribution in [0.5, 0.6) is 5.75 Å². The number of hydrogen-bond acceptors (Lipinski definition) is 3. The molecule has 0 radical (unpaired) electrons. The Morgan fingerprint density at radius 2 is 2.09 bits per heavy atom. The van der Waals surface area contributed by atoms with E-state index in [0.29, 0.717) is 10.9 Å². The van der Waals surface area contributed by atoms with Crippen molar-refractivity contribution in [1.82, 2.24) is 14.8 Å². The number of rotatable bonds is 4. The average molecular weight is 330 g/mol. The fourth-order valence-corrected chi connectivity index (χ4v) is 2.96. The van der Waals surface area contributed by atoms with Crippen LogP contribution in [0, 0.1) is 12.8 Å². The van der Waals surface area contributed by atoms with Gasteiger partial charge in [-0.15, -0.1) is 0 Å². The lowest BCUT2D eigenvalue weighted by molar-refractivity contribution is 0.412. The summed E-state index contributed by atoms with van der Waals surface area (Å²) in [5.74, 6) is 1.36. The molecule has 0 amide bonds. The first-order valence-electron chi connectivity index (χ1n) is 7.66. The Morgan fingerprint density at radius 1 is 1.30 bits per heavy atom. The van der Waals surface area contributed by atoms with Gasteiger partial charge < -0.3 is 4.74 Å². The van der Waals surface area contributed by atoms with Gasteiger partial charge in [-0.3, -0.25) is 4.68 Å². The molecule has 3 rings (SSSR count). The van der Waals surface area contributed by atoms with Gasteiger partial charge in [0.1, 0.15) is 5.75 Å². The first kappa shape index (κ1) is 15.8. The summed E-state index contributed by atoms with van der Waals surface area (Å²) < 4.78 is 7.33. The standard InChI is InChI=1S/C18H20ClN3O/c1-11(2)9-22-10-13(8-20-22)16-7-15(19)14-5-6-17(23-4)12(3)18(14)21-16/h5-8,10-11H,9H2,1-4H3. The molecule has 0 fully saturated rings. The Bertz CT molecular complexity index is 855. The zero-order valence-corrected chi connectivity index (χ0v) is 14.6. The Morgan fingerprint density at radius 3 is 2.78 bits per heavy atom. The number of aromatic nitrogens is 3. The summed E-state index contributed by atoms with van der Waals surface area (Å²) in [4.78, 5) is 4.79. The monoisotopic (exact) mass is 329 g/mol. The van der Waals surface area contributed by atoms with Crippen LogP contribution in [0.3, 0.4) is 0 Å². The van der Waals surface area contributed by atoms with E-state index in [9.17, 15) is 0 Å². The molecule has 0 bridgehead atoms. The van der Waals surface area contributed by atoms with Crippen LogP contribution in [-0.2, 0) is 6.54 Å². The predicted octanol–water partition coefficient (Wildman–Crippen LogP) is 4.72. The van der Waals surface area contributed by atoms with Gasteiger partial charge in [-0.05, 0) is 31.0 Å². The Kier molecular flexibility index (Phi) is 4.26. The molecular formula is C18H20ClN3O. The second kappa shape index (κ2) is 6.20. The molecule has 0 unspecified atom stereocenters. The quantitative estimate of drug-likeness (QED) is 0.695. The fourth-order valence-electron chi connectivity index (χ4n) is 2.71. The van der Waals surface area contributed by atoms with E-state index in [1.54, 1.807) is 7.11 Å². The molecule has 0 N–H and O–H groups in total. The summed E-state index contributed by atoms with van der Waals surface area (Å²) >= 11 is 6.46. The van der Waals surface area contributed by atoms with E-state index >= 15 is 0 Å². The van der Waals surface area contributed by atoms with Crippen LogP contribution in [0.1, 0.15) is 19.4 Å². The molecule has 5 heteroatoms. The molecule has 0 aliphatic rings. The minimum absolute atomic E-state index is 0.544. The van der Waals surface area contributed by atoms with Crippen molar-refractivity contribution in [2.24, 2.45) is 5.92 Å². The highest BCUT2D eigenvalue weighted by Crippen LogP contribution is 2.33. The van der Waals surface area contributed by atoms with Gasteiger partial charge in [0.05, 0.1) is 29.5 Å². The first-order chi connectivity index (χ1) is 11.0. The smallest absolute Gasteiger partial charge is 0.123 e. The second-order valence-electron chi connectivity index (χ2n) is 6.12. The van der Waals surface area contributed by atoms with Gasteiger partial charge in [0.2, 0.25) is 0 Å². The van der Waals surface area contributed by atoms with Crippen molar-refractivity contribution >= 4 is 22.5 Å². The van der Waals surface area contributed by atoms with E-state index in [-0.39, 0.29) is 0 Å². The van der Waals surface area contributed by atoms with Crippen LogP contribution in [0.2, 0.25) is 5.02 Å². The summed E-state index contributed by atoms with van der Waals surface area (Å²) in [7, 11) is 1.66. The molecule has 3 aromatic rings. The van der Waals surface area contributed by atoms with Crippen LogP contribution in [0.15, 0.2) is 30.6 Å². The zero-order valence-electron chi connectivity index (χ0n) is 13.8. The lowest BCUT2D eigenvalue weighted by Crippen LogP contribution is -2.04. The van der Waals surface area contributed by atoms with E-state index < -0.39 is 0 Å². The maximum absolute atomic E-state index is 6.46. The zero-order chi connectivity index (χ0) is 16.6. The van der Waals surface area contributed by atoms with Gasteiger partial charge in [-0.25, -0.2) is 4.98 Å². The van der Waals surface area contributed by atoms with E-state index in [1.807, 2.05) is 42.2 Å². The molecule has 0 aliphatic heterocycles. The number of ether oxygens (including phenoxy) is 1. The van der Waals surface area contributed by atoms with Gasteiger partial charge in [0, 0.05) is 29.3 Å². The number of nitrogens with zero attached hydrogens (tertiary/aromatic N) is 3. The number of methoxy groups -OCH3 is 1. The van der Waals surface area contributed by atoms with Crippen LogP contribution >= 0.6 is 11.6 Å². The highest BCUT2D eigenvalue weighted by molar-refractivity contribution is 6.35. The topological polar surface area (TPSA) is 39.9 Å².